The maximum absolute atomic E-state index is 11.2. The molecule has 0 bridgehead atoms. The molecule has 1 aliphatic rings. The van der Waals surface area contributed by atoms with Gasteiger partial charge >= 0.3 is 5.97 Å². The fraction of sp³-hybridized carbons (Fsp3) is 0.417. The zero-order valence-electron chi connectivity index (χ0n) is 8.68. The molecule has 2 rings (SSSR count). The van der Waals surface area contributed by atoms with Gasteiger partial charge in [0.15, 0.2) is 0 Å². The van der Waals surface area contributed by atoms with E-state index in [9.17, 15) is 4.79 Å². The number of rotatable bonds is 3. The lowest BCUT2D eigenvalue weighted by Gasteiger charge is -2.14. The average Bonchev–Trinajstić information content (AvgIpc) is 2.60. The fourth-order valence-electron chi connectivity index (χ4n) is 1.73. The molecular weight excluding hydrogens is 208 g/mol. The molecule has 2 atom stereocenters. The summed E-state index contributed by atoms with van der Waals surface area (Å²) in [6.07, 6.45) is 1.52. The summed E-state index contributed by atoms with van der Waals surface area (Å²) in [5.41, 5.74) is 0. The second-order valence-corrected chi connectivity index (χ2v) is 4.92. The summed E-state index contributed by atoms with van der Waals surface area (Å²) in [5.74, 6) is -0.0599. The number of cyclic esters (lactones) is 1. The van der Waals surface area contributed by atoms with Crippen molar-refractivity contribution in [2.45, 2.75) is 36.0 Å². The van der Waals surface area contributed by atoms with Gasteiger partial charge in [-0.25, -0.2) is 0 Å². The van der Waals surface area contributed by atoms with Gasteiger partial charge in [0.25, 0.3) is 0 Å². The Hall–Kier alpha value is -0.960. The molecule has 0 radical (unpaired) electrons. The van der Waals surface area contributed by atoms with Gasteiger partial charge in [0.05, 0.1) is 11.7 Å². The van der Waals surface area contributed by atoms with Crippen molar-refractivity contribution >= 4 is 17.7 Å². The monoisotopic (exact) mass is 222 g/mol. The Bertz CT molecular complexity index is 337. The molecule has 1 aromatic rings. The molecule has 2 nitrogen and oxygen atoms in total. The van der Waals surface area contributed by atoms with Gasteiger partial charge in [-0.1, -0.05) is 25.1 Å². The van der Waals surface area contributed by atoms with Crippen LogP contribution >= 0.6 is 11.8 Å². The van der Waals surface area contributed by atoms with E-state index in [1.807, 2.05) is 18.2 Å². The second-order valence-electron chi connectivity index (χ2n) is 3.61. The van der Waals surface area contributed by atoms with Crippen LogP contribution in [0.4, 0.5) is 0 Å². The summed E-state index contributed by atoms with van der Waals surface area (Å²) in [7, 11) is 0. The molecule has 1 aliphatic heterocycles. The third kappa shape index (κ3) is 2.53. The van der Waals surface area contributed by atoms with Crippen LogP contribution in [0.2, 0.25) is 0 Å². The highest BCUT2D eigenvalue weighted by atomic mass is 32.2. The minimum atomic E-state index is -0.0599. The number of ether oxygens (including phenoxy) is 1. The van der Waals surface area contributed by atoms with Gasteiger partial charge in [-0.3, -0.25) is 4.79 Å². The van der Waals surface area contributed by atoms with Crippen molar-refractivity contribution in [2.75, 3.05) is 0 Å². The molecule has 1 saturated heterocycles. The van der Waals surface area contributed by atoms with Crippen LogP contribution in [0, 0.1) is 0 Å². The highest BCUT2D eigenvalue weighted by molar-refractivity contribution is 8.00. The molecule has 2 unspecified atom stereocenters. The second kappa shape index (κ2) is 4.71. The molecule has 0 saturated carbocycles. The Labute approximate surface area is 94.0 Å². The summed E-state index contributed by atoms with van der Waals surface area (Å²) in [6, 6.07) is 10.2. The normalized spacial score (nSPS) is 25.3. The number of esters is 1. The summed E-state index contributed by atoms with van der Waals surface area (Å²) in [5, 5.41) is 0.282. The standard InChI is InChI=1S/C12H14O2S/c1-2-10-11(8-12(13)14-10)15-9-6-4-3-5-7-9/h3-7,10-11H,2,8H2,1H3. The van der Waals surface area contributed by atoms with Crippen LogP contribution in [0.1, 0.15) is 19.8 Å². The largest absolute Gasteiger partial charge is 0.461 e. The Balaban J connectivity index is 2.03. The van der Waals surface area contributed by atoms with E-state index in [1.165, 1.54) is 4.90 Å². The number of benzene rings is 1. The maximum Gasteiger partial charge on any atom is 0.307 e. The van der Waals surface area contributed by atoms with Gasteiger partial charge < -0.3 is 4.74 Å². The fourth-order valence-corrected chi connectivity index (χ4v) is 3.01. The zero-order valence-corrected chi connectivity index (χ0v) is 9.50. The van der Waals surface area contributed by atoms with E-state index in [-0.39, 0.29) is 17.3 Å². The first-order valence-electron chi connectivity index (χ1n) is 5.20. The topological polar surface area (TPSA) is 26.3 Å². The van der Waals surface area contributed by atoms with Crippen LogP contribution in [-0.2, 0) is 9.53 Å². The molecular formula is C12H14O2S. The molecule has 0 amide bonds. The highest BCUT2D eigenvalue weighted by Crippen LogP contribution is 2.34. The lowest BCUT2D eigenvalue weighted by molar-refractivity contribution is -0.141. The van der Waals surface area contributed by atoms with Gasteiger partial charge in [0, 0.05) is 4.90 Å². The van der Waals surface area contributed by atoms with Crippen LogP contribution in [-0.4, -0.2) is 17.3 Å². The van der Waals surface area contributed by atoms with E-state index in [0.29, 0.717) is 6.42 Å². The molecule has 3 heteroatoms. The lowest BCUT2D eigenvalue weighted by Crippen LogP contribution is -2.16. The van der Waals surface area contributed by atoms with Crippen molar-refractivity contribution in [2.24, 2.45) is 0 Å². The molecule has 0 aliphatic carbocycles. The molecule has 1 heterocycles. The van der Waals surface area contributed by atoms with Gasteiger partial charge in [-0.2, -0.15) is 0 Å². The van der Waals surface area contributed by atoms with E-state index in [2.05, 4.69) is 19.1 Å². The number of carbonyl (C=O) groups is 1. The minimum absolute atomic E-state index is 0.0599. The van der Waals surface area contributed by atoms with Crippen LogP contribution in [0.5, 0.6) is 0 Å². The third-order valence-corrected chi connectivity index (χ3v) is 3.82. The predicted molar refractivity (Wildman–Crippen MR) is 60.9 cm³/mol. The molecule has 0 N–H and O–H groups in total. The average molecular weight is 222 g/mol. The first-order valence-corrected chi connectivity index (χ1v) is 6.08. The van der Waals surface area contributed by atoms with Crippen LogP contribution in [0.3, 0.4) is 0 Å². The highest BCUT2D eigenvalue weighted by Gasteiger charge is 2.33. The molecule has 0 spiro atoms. The van der Waals surface area contributed by atoms with Crippen LogP contribution in [0.25, 0.3) is 0 Å². The number of hydrogen-bond acceptors (Lipinski definition) is 3. The van der Waals surface area contributed by atoms with Gasteiger partial charge in [0.1, 0.15) is 6.10 Å². The van der Waals surface area contributed by atoms with Crippen LogP contribution in [0.15, 0.2) is 35.2 Å². The van der Waals surface area contributed by atoms with E-state index in [1.54, 1.807) is 11.8 Å². The van der Waals surface area contributed by atoms with Crippen LogP contribution < -0.4 is 0 Å². The van der Waals surface area contributed by atoms with Crippen molar-refractivity contribution in [1.82, 2.24) is 0 Å². The minimum Gasteiger partial charge on any atom is -0.461 e. The van der Waals surface area contributed by atoms with Gasteiger partial charge in [-0.15, -0.1) is 11.8 Å². The van der Waals surface area contributed by atoms with E-state index >= 15 is 0 Å². The first-order chi connectivity index (χ1) is 7.29. The first kappa shape index (κ1) is 10.6. The van der Waals surface area contributed by atoms with E-state index in [4.69, 9.17) is 4.74 Å². The van der Waals surface area contributed by atoms with Gasteiger partial charge in [0.2, 0.25) is 0 Å². The smallest absolute Gasteiger partial charge is 0.307 e. The SMILES string of the molecule is CCC1OC(=O)CC1Sc1ccccc1. The third-order valence-electron chi connectivity index (χ3n) is 2.50. The molecule has 80 valence electrons. The zero-order chi connectivity index (χ0) is 10.7. The van der Waals surface area contributed by atoms with E-state index < -0.39 is 0 Å². The van der Waals surface area contributed by atoms with E-state index in [0.717, 1.165) is 6.42 Å². The molecule has 1 fully saturated rings. The van der Waals surface area contributed by atoms with Crippen molar-refractivity contribution in [1.29, 1.82) is 0 Å². The maximum atomic E-state index is 11.2. The Morgan fingerprint density at radius 2 is 2.13 bits per heavy atom. The lowest BCUT2D eigenvalue weighted by atomic mass is 10.2. The number of thioether (sulfide) groups is 1. The predicted octanol–water partition coefficient (Wildman–Crippen LogP) is 2.87. The number of hydrogen-bond donors (Lipinski definition) is 0. The molecule has 15 heavy (non-hydrogen) atoms. The summed E-state index contributed by atoms with van der Waals surface area (Å²) >= 11 is 1.74. The molecule has 1 aromatic carbocycles. The van der Waals surface area contributed by atoms with Crippen molar-refractivity contribution in [3.05, 3.63) is 30.3 Å². The Morgan fingerprint density at radius 3 is 2.80 bits per heavy atom. The van der Waals surface area contributed by atoms with Crippen molar-refractivity contribution < 1.29 is 9.53 Å². The Morgan fingerprint density at radius 1 is 1.40 bits per heavy atom. The number of carbonyl (C=O) groups excluding carboxylic acids is 1. The quantitative estimate of drug-likeness (QED) is 0.736. The summed E-state index contributed by atoms with van der Waals surface area (Å²) in [4.78, 5) is 12.4. The Kier molecular flexibility index (Phi) is 3.31. The van der Waals surface area contributed by atoms with Crippen molar-refractivity contribution in [3.63, 3.8) is 0 Å². The van der Waals surface area contributed by atoms with Crippen molar-refractivity contribution in [3.8, 4) is 0 Å². The summed E-state index contributed by atoms with van der Waals surface area (Å²) in [6.45, 7) is 2.06. The molecule has 0 aromatic heterocycles. The van der Waals surface area contributed by atoms with Gasteiger partial charge in [-0.05, 0) is 18.6 Å². The summed E-state index contributed by atoms with van der Waals surface area (Å²) < 4.78 is 5.24.